The number of rotatable bonds is 10. The van der Waals surface area contributed by atoms with Gasteiger partial charge in [0.1, 0.15) is 5.52 Å². The molecule has 0 aliphatic carbocycles. The summed E-state index contributed by atoms with van der Waals surface area (Å²) in [6.45, 7) is 0.917. The van der Waals surface area contributed by atoms with Gasteiger partial charge in [0.2, 0.25) is 10.0 Å². The van der Waals surface area contributed by atoms with Crippen LogP contribution < -0.4 is 5.32 Å². The minimum absolute atomic E-state index is 0.0861. The van der Waals surface area contributed by atoms with Gasteiger partial charge in [-0.1, -0.05) is 29.0 Å². The standard InChI is InChI=1S/C20H22ClN3O5S2/c1-28-12-10-24(11-13-29-2)31(26,27)15-8-6-14(7-9-15)19(25)23-20-22-18-16(21)4-3-5-17(18)30-20/h3-9H,10-13H2,1-2H3,(H,22,23,25). The summed E-state index contributed by atoms with van der Waals surface area (Å²) in [5.74, 6) is -0.394. The summed E-state index contributed by atoms with van der Waals surface area (Å²) < 4.78 is 38.0. The molecule has 8 nitrogen and oxygen atoms in total. The zero-order valence-electron chi connectivity index (χ0n) is 17.0. The maximum atomic E-state index is 12.9. The molecule has 0 saturated carbocycles. The second-order valence-corrected chi connectivity index (χ2v) is 9.85. The van der Waals surface area contributed by atoms with Gasteiger partial charge in [-0.3, -0.25) is 10.1 Å². The van der Waals surface area contributed by atoms with E-state index in [0.717, 1.165) is 4.70 Å². The Balaban J connectivity index is 1.75. The van der Waals surface area contributed by atoms with Crippen molar-refractivity contribution >= 4 is 54.2 Å². The first-order valence-corrected chi connectivity index (χ1v) is 11.9. The molecule has 0 radical (unpaired) electrons. The average Bonchev–Trinajstić information content (AvgIpc) is 3.17. The minimum atomic E-state index is -3.75. The number of carbonyl (C=O) groups is 1. The van der Waals surface area contributed by atoms with E-state index in [1.807, 2.05) is 12.1 Å². The molecule has 0 fully saturated rings. The van der Waals surface area contributed by atoms with Crippen LogP contribution in [0.1, 0.15) is 10.4 Å². The normalized spacial score (nSPS) is 11.9. The molecule has 0 spiro atoms. The van der Waals surface area contributed by atoms with Crippen LogP contribution in [0.2, 0.25) is 5.02 Å². The summed E-state index contributed by atoms with van der Waals surface area (Å²) in [7, 11) is -0.737. The number of nitrogens with one attached hydrogen (secondary N) is 1. The summed E-state index contributed by atoms with van der Waals surface area (Å²) in [5, 5.41) is 3.65. The van der Waals surface area contributed by atoms with Crippen LogP contribution in [-0.2, 0) is 19.5 Å². The summed E-state index contributed by atoms with van der Waals surface area (Å²) in [6.07, 6.45) is 0. The van der Waals surface area contributed by atoms with Gasteiger partial charge in [-0.05, 0) is 36.4 Å². The average molecular weight is 484 g/mol. The molecule has 3 rings (SSSR count). The van der Waals surface area contributed by atoms with Crippen molar-refractivity contribution in [3.63, 3.8) is 0 Å². The van der Waals surface area contributed by atoms with Crippen molar-refractivity contribution in [2.75, 3.05) is 45.8 Å². The molecule has 0 atom stereocenters. The third kappa shape index (κ3) is 5.59. The largest absolute Gasteiger partial charge is 0.383 e. The molecule has 0 saturated heterocycles. The first-order valence-electron chi connectivity index (χ1n) is 9.31. The van der Waals surface area contributed by atoms with Crippen LogP contribution in [0.25, 0.3) is 10.2 Å². The second-order valence-electron chi connectivity index (χ2n) is 6.47. The van der Waals surface area contributed by atoms with Crippen LogP contribution in [0.5, 0.6) is 0 Å². The zero-order chi connectivity index (χ0) is 22.4. The van der Waals surface area contributed by atoms with E-state index in [9.17, 15) is 13.2 Å². The monoisotopic (exact) mass is 483 g/mol. The molecule has 31 heavy (non-hydrogen) atoms. The fourth-order valence-electron chi connectivity index (χ4n) is 2.80. The van der Waals surface area contributed by atoms with Gasteiger partial charge >= 0.3 is 0 Å². The van der Waals surface area contributed by atoms with Gasteiger partial charge < -0.3 is 9.47 Å². The highest BCUT2D eigenvalue weighted by Crippen LogP contribution is 2.30. The highest BCUT2D eigenvalue weighted by molar-refractivity contribution is 7.89. The van der Waals surface area contributed by atoms with Gasteiger partial charge in [-0.2, -0.15) is 4.31 Å². The number of halogens is 1. The topological polar surface area (TPSA) is 97.8 Å². The Morgan fingerprint density at radius 2 is 1.74 bits per heavy atom. The predicted molar refractivity (Wildman–Crippen MR) is 122 cm³/mol. The molecule has 3 aromatic rings. The van der Waals surface area contributed by atoms with Gasteiger partial charge in [0.25, 0.3) is 5.91 Å². The number of methoxy groups -OCH3 is 2. The number of aromatic nitrogens is 1. The van der Waals surface area contributed by atoms with Gasteiger partial charge in [-0.15, -0.1) is 0 Å². The lowest BCUT2D eigenvalue weighted by Gasteiger charge is -2.21. The van der Waals surface area contributed by atoms with Crippen LogP contribution in [0.4, 0.5) is 5.13 Å². The molecular weight excluding hydrogens is 462 g/mol. The molecule has 1 heterocycles. The minimum Gasteiger partial charge on any atom is -0.383 e. The fraction of sp³-hybridized carbons (Fsp3) is 0.300. The highest BCUT2D eigenvalue weighted by atomic mass is 35.5. The number of hydrogen-bond acceptors (Lipinski definition) is 7. The summed E-state index contributed by atoms with van der Waals surface area (Å²) in [4.78, 5) is 17.0. The Morgan fingerprint density at radius 3 is 2.32 bits per heavy atom. The lowest BCUT2D eigenvalue weighted by molar-refractivity contribution is 0.102. The van der Waals surface area contributed by atoms with E-state index in [1.54, 1.807) is 6.07 Å². The van der Waals surface area contributed by atoms with Crippen molar-refractivity contribution < 1.29 is 22.7 Å². The maximum absolute atomic E-state index is 12.9. The molecule has 11 heteroatoms. The van der Waals surface area contributed by atoms with E-state index in [1.165, 1.54) is 54.1 Å². The molecule has 0 unspecified atom stereocenters. The molecule has 1 amide bonds. The number of amides is 1. The molecule has 0 aliphatic rings. The van der Waals surface area contributed by atoms with E-state index in [2.05, 4.69) is 10.3 Å². The number of para-hydroxylation sites is 1. The Kier molecular flexibility index (Phi) is 7.98. The number of thiazole rings is 1. The zero-order valence-corrected chi connectivity index (χ0v) is 19.4. The fourth-order valence-corrected chi connectivity index (χ4v) is 5.37. The molecule has 166 valence electrons. The third-order valence-corrected chi connectivity index (χ3v) is 7.59. The van der Waals surface area contributed by atoms with Crippen LogP contribution in [-0.4, -0.2) is 64.1 Å². The van der Waals surface area contributed by atoms with Crippen molar-refractivity contribution in [2.24, 2.45) is 0 Å². The van der Waals surface area contributed by atoms with E-state index < -0.39 is 15.9 Å². The van der Waals surface area contributed by atoms with E-state index in [0.29, 0.717) is 21.2 Å². The Labute approximate surface area is 189 Å². The second kappa shape index (κ2) is 10.5. The summed E-state index contributed by atoms with van der Waals surface area (Å²) in [5.41, 5.74) is 0.933. The number of benzene rings is 2. The van der Waals surface area contributed by atoms with E-state index in [-0.39, 0.29) is 31.2 Å². The molecule has 1 N–H and O–H groups in total. The molecule has 1 aromatic heterocycles. The highest BCUT2D eigenvalue weighted by Gasteiger charge is 2.24. The van der Waals surface area contributed by atoms with Crippen molar-refractivity contribution in [3.05, 3.63) is 53.1 Å². The first-order chi connectivity index (χ1) is 14.9. The van der Waals surface area contributed by atoms with Crippen molar-refractivity contribution in [1.82, 2.24) is 9.29 Å². The van der Waals surface area contributed by atoms with Gasteiger partial charge in [0.15, 0.2) is 5.13 Å². The van der Waals surface area contributed by atoms with Gasteiger partial charge in [0, 0.05) is 32.9 Å². The predicted octanol–water partition coefficient (Wildman–Crippen LogP) is 3.49. The Bertz CT molecular complexity index is 1140. The Hall–Kier alpha value is -2.08. The number of hydrogen-bond donors (Lipinski definition) is 1. The smallest absolute Gasteiger partial charge is 0.257 e. The van der Waals surface area contributed by atoms with Crippen LogP contribution in [0.15, 0.2) is 47.4 Å². The lowest BCUT2D eigenvalue weighted by Crippen LogP contribution is -2.36. The maximum Gasteiger partial charge on any atom is 0.257 e. The number of anilines is 1. The summed E-state index contributed by atoms with van der Waals surface area (Å²) >= 11 is 7.44. The lowest BCUT2D eigenvalue weighted by atomic mass is 10.2. The number of carbonyl (C=O) groups excluding carboxylic acids is 1. The Morgan fingerprint density at radius 1 is 1.10 bits per heavy atom. The van der Waals surface area contributed by atoms with Crippen LogP contribution >= 0.6 is 22.9 Å². The number of ether oxygens (including phenoxy) is 2. The van der Waals surface area contributed by atoms with E-state index >= 15 is 0 Å². The molecule has 0 aliphatic heterocycles. The van der Waals surface area contributed by atoms with Crippen LogP contribution in [0.3, 0.4) is 0 Å². The van der Waals surface area contributed by atoms with Gasteiger partial charge in [0.05, 0.1) is 27.8 Å². The molecule has 0 bridgehead atoms. The number of nitrogens with zero attached hydrogens (tertiary/aromatic N) is 2. The molecule has 2 aromatic carbocycles. The van der Waals surface area contributed by atoms with Crippen LogP contribution in [0, 0.1) is 0 Å². The number of fused-ring (bicyclic) bond motifs is 1. The summed E-state index contributed by atoms with van der Waals surface area (Å²) in [6, 6.07) is 11.2. The first kappa shape index (κ1) is 23.6. The van der Waals surface area contributed by atoms with Crippen molar-refractivity contribution in [3.8, 4) is 0 Å². The number of sulfonamides is 1. The SMILES string of the molecule is COCCN(CCOC)S(=O)(=O)c1ccc(C(=O)Nc2nc3c(Cl)cccc3s2)cc1. The van der Waals surface area contributed by atoms with Crippen molar-refractivity contribution in [2.45, 2.75) is 4.90 Å². The molecular formula is C20H22ClN3O5S2. The quantitative estimate of drug-likeness (QED) is 0.474. The van der Waals surface area contributed by atoms with Crippen molar-refractivity contribution in [1.29, 1.82) is 0 Å². The van der Waals surface area contributed by atoms with Gasteiger partial charge in [-0.25, -0.2) is 13.4 Å². The van der Waals surface area contributed by atoms with E-state index in [4.69, 9.17) is 21.1 Å². The third-order valence-electron chi connectivity index (χ3n) is 4.43.